The van der Waals surface area contributed by atoms with E-state index in [-0.39, 0.29) is 29.7 Å². The smallest absolute Gasteiger partial charge is 0.271 e. The summed E-state index contributed by atoms with van der Waals surface area (Å²) in [5.41, 5.74) is 1.49. The minimum atomic E-state index is -0.169. The van der Waals surface area contributed by atoms with Crippen LogP contribution >= 0.6 is 11.6 Å². The first-order valence-electron chi connectivity index (χ1n) is 11.0. The lowest BCUT2D eigenvalue weighted by molar-refractivity contribution is -0.129. The molecule has 1 unspecified atom stereocenters. The van der Waals surface area contributed by atoms with Crippen LogP contribution in [-0.4, -0.2) is 82.0 Å². The molecule has 176 valence electrons. The highest BCUT2D eigenvalue weighted by Gasteiger charge is 2.31. The molecular formula is C22H27ClN6O4. The van der Waals surface area contributed by atoms with E-state index < -0.39 is 0 Å². The third-order valence-electron chi connectivity index (χ3n) is 6.26. The molecule has 2 aromatic rings. The van der Waals surface area contributed by atoms with Gasteiger partial charge in [0.15, 0.2) is 0 Å². The number of halogens is 1. The molecule has 1 atom stereocenters. The highest BCUT2D eigenvalue weighted by Crippen LogP contribution is 2.29. The number of carbonyl (C=O) groups is 3. The highest BCUT2D eigenvalue weighted by molar-refractivity contribution is 6.33. The Hall–Kier alpha value is -3.14. The second-order valence-electron chi connectivity index (χ2n) is 8.40. The second kappa shape index (κ2) is 9.78. The first-order chi connectivity index (χ1) is 15.9. The van der Waals surface area contributed by atoms with Gasteiger partial charge in [-0.25, -0.2) is 4.98 Å². The number of nitrogens with zero attached hydrogens (tertiary/aromatic N) is 4. The van der Waals surface area contributed by atoms with Crippen molar-refractivity contribution < 1.29 is 19.1 Å². The number of aromatic nitrogens is 3. The van der Waals surface area contributed by atoms with Crippen molar-refractivity contribution in [3.8, 4) is 17.1 Å². The van der Waals surface area contributed by atoms with Crippen LogP contribution in [0, 0.1) is 5.92 Å². The number of ether oxygens (including phenoxy) is 1. The lowest BCUT2D eigenvalue weighted by atomic mass is 9.95. The molecule has 0 radical (unpaired) electrons. The number of aromatic amines is 1. The van der Waals surface area contributed by atoms with Crippen molar-refractivity contribution in [1.82, 2.24) is 30.3 Å². The van der Waals surface area contributed by atoms with Gasteiger partial charge in [0.2, 0.25) is 17.7 Å². The molecule has 4 heterocycles. The molecule has 2 saturated heterocycles. The number of methoxy groups -OCH3 is 1. The van der Waals surface area contributed by atoms with Crippen molar-refractivity contribution in [3.05, 3.63) is 29.0 Å². The molecule has 2 aliphatic rings. The van der Waals surface area contributed by atoms with Crippen LogP contribution in [0.2, 0.25) is 5.02 Å². The maximum atomic E-state index is 13.0. The molecule has 11 heteroatoms. The van der Waals surface area contributed by atoms with Gasteiger partial charge in [0.25, 0.3) is 5.91 Å². The normalized spacial score (nSPS) is 18.9. The van der Waals surface area contributed by atoms with Crippen LogP contribution in [0.3, 0.4) is 0 Å². The van der Waals surface area contributed by atoms with E-state index in [0.29, 0.717) is 66.9 Å². The zero-order chi connectivity index (χ0) is 23.5. The van der Waals surface area contributed by atoms with E-state index >= 15 is 0 Å². The molecule has 4 rings (SSSR count). The fraction of sp³-hybridized carbons (Fsp3) is 0.500. The molecule has 33 heavy (non-hydrogen) atoms. The Morgan fingerprint density at radius 2 is 1.88 bits per heavy atom. The Morgan fingerprint density at radius 3 is 2.55 bits per heavy atom. The fourth-order valence-electron chi connectivity index (χ4n) is 4.29. The Balaban J connectivity index is 1.32. The summed E-state index contributed by atoms with van der Waals surface area (Å²) in [5, 5.41) is 10.5. The predicted molar refractivity (Wildman–Crippen MR) is 121 cm³/mol. The molecule has 10 nitrogen and oxygen atoms in total. The van der Waals surface area contributed by atoms with E-state index in [2.05, 4.69) is 20.5 Å². The number of hydrogen-bond acceptors (Lipinski definition) is 6. The van der Waals surface area contributed by atoms with Gasteiger partial charge in [-0.2, -0.15) is 5.10 Å². The Bertz CT molecular complexity index is 1050. The van der Waals surface area contributed by atoms with Gasteiger partial charge in [-0.1, -0.05) is 11.6 Å². The number of pyridine rings is 1. The maximum Gasteiger partial charge on any atom is 0.271 e. The van der Waals surface area contributed by atoms with E-state index in [0.717, 1.165) is 6.42 Å². The molecule has 0 saturated carbocycles. The Morgan fingerprint density at radius 1 is 1.15 bits per heavy atom. The van der Waals surface area contributed by atoms with Crippen LogP contribution in [0.1, 0.15) is 36.7 Å². The fourth-order valence-corrected chi connectivity index (χ4v) is 4.50. The molecule has 0 bridgehead atoms. The molecule has 2 N–H and O–H groups in total. The van der Waals surface area contributed by atoms with Crippen molar-refractivity contribution in [2.24, 2.45) is 5.92 Å². The summed E-state index contributed by atoms with van der Waals surface area (Å²) in [7, 11) is 1.51. The molecule has 2 aromatic heterocycles. The SMILES string of the molecule is COc1cc(-c2cc(C(=O)N3CCC(C(=O)NC4CCN(C(C)=O)C4)CC3)[nH]n2)c(Cl)cn1. The molecular weight excluding hydrogens is 448 g/mol. The zero-order valence-electron chi connectivity index (χ0n) is 18.6. The summed E-state index contributed by atoms with van der Waals surface area (Å²) in [6.07, 6.45) is 3.44. The van der Waals surface area contributed by atoms with Gasteiger partial charge < -0.3 is 19.9 Å². The van der Waals surface area contributed by atoms with Crippen LogP contribution in [-0.2, 0) is 9.59 Å². The van der Waals surface area contributed by atoms with Crippen molar-refractivity contribution in [3.63, 3.8) is 0 Å². The van der Waals surface area contributed by atoms with Gasteiger partial charge in [0, 0.05) is 56.7 Å². The van der Waals surface area contributed by atoms with E-state index in [1.54, 1.807) is 28.9 Å². The number of amides is 3. The van der Waals surface area contributed by atoms with Crippen molar-refractivity contribution >= 4 is 29.3 Å². The number of rotatable bonds is 5. The monoisotopic (exact) mass is 474 g/mol. The molecule has 2 fully saturated rings. The summed E-state index contributed by atoms with van der Waals surface area (Å²) in [5.74, 6) is 0.129. The molecule has 3 amide bonds. The van der Waals surface area contributed by atoms with E-state index in [9.17, 15) is 14.4 Å². The van der Waals surface area contributed by atoms with Crippen LogP contribution in [0.4, 0.5) is 0 Å². The number of H-pyrrole nitrogens is 1. The van der Waals surface area contributed by atoms with Crippen LogP contribution in [0.5, 0.6) is 5.88 Å². The summed E-state index contributed by atoms with van der Waals surface area (Å²) in [4.78, 5) is 44.6. The quantitative estimate of drug-likeness (QED) is 0.680. The first-order valence-corrected chi connectivity index (χ1v) is 11.3. The third-order valence-corrected chi connectivity index (χ3v) is 6.56. The summed E-state index contributed by atoms with van der Waals surface area (Å²) in [6.45, 7) is 3.76. The van der Waals surface area contributed by atoms with Crippen molar-refractivity contribution in [2.45, 2.75) is 32.2 Å². The lowest BCUT2D eigenvalue weighted by Crippen LogP contribution is -2.46. The topological polar surface area (TPSA) is 121 Å². The Labute approximate surface area is 196 Å². The van der Waals surface area contributed by atoms with E-state index in [4.69, 9.17) is 16.3 Å². The average Bonchev–Trinajstić information content (AvgIpc) is 3.49. The van der Waals surface area contributed by atoms with E-state index in [1.807, 2.05) is 0 Å². The van der Waals surface area contributed by atoms with Gasteiger partial charge in [-0.15, -0.1) is 0 Å². The summed E-state index contributed by atoms with van der Waals surface area (Å²) >= 11 is 6.23. The third kappa shape index (κ3) is 5.11. The largest absolute Gasteiger partial charge is 0.481 e. The standard InChI is InChI=1S/C22H27ClN6O4/c1-13(30)29-8-5-15(12-29)25-21(31)14-3-6-28(7-4-14)22(32)19-10-18(26-27-19)16-9-20(33-2)24-11-17(16)23/h9-11,14-15H,3-8,12H2,1-2H3,(H,25,31)(H,26,27). The van der Waals surface area contributed by atoms with Crippen LogP contribution < -0.4 is 10.1 Å². The van der Waals surface area contributed by atoms with Crippen LogP contribution in [0.15, 0.2) is 18.3 Å². The minimum absolute atomic E-state index is 0.00241. The number of piperidine rings is 1. The number of likely N-dealkylation sites (tertiary alicyclic amines) is 2. The summed E-state index contributed by atoms with van der Waals surface area (Å²) in [6, 6.07) is 3.32. The molecule has 0 spiro atoms. The van der Waals surface area contributed by atoms with Gasteiger partial charge in [0.05, 0.1) is 24.0 Å². The molecule has 0 aliphatic carbocycles. The highest BCUT2D eigenvalue weighted by atomic mass is 35.5. The molecule has 2 aliphatic heterocycles. The number of nitrogens with one attached hydrogen (secondary N) is 2. The van der Waals surface area contributed by atoms with Crippen molar-refractivity contribution in [2.75, 3.05) is 33.3 Å². The summed E-state index contributed by atoms with van der Waals surface area (Å²) < 4.78 is 5.13. The van der Waals surface area contributed by atoms with Gasteiger partial charge in [0.1, 0.15) is 5.69 Å². The minimum Gasteiger partial charge on any atom is -0.481 e. The predicted octanol–water partition coefficient (Wildman–Crippen LogP) is 1.72. The second-order valence-corrected chi connectivity index (χ2v) is 8.81. The van der Waals surface area contributed by atoms with Gasteiger partial charge >= 0.3 is 0 Å². The maximum absolute atomic E-state index is 13.0. The average molecular weight is 475 g/mol. The lowest BCUT2D eigenvalue weighted by Gasteiger charge is -2.31. The van der Waals surface area contributed by atoms with Crippen LogP contribution in [0.25, 0.3) is 11.3 Å². The number of carbonyl (C=O) groups excluding carboxylic acids is 3. The molecule has 0 aromatic carbocycles. The Kier molecular flexibility index (Phi) is 6.83. The first kappa shape index (κ1) is 23.0. The van der Waals surface area contributed by atoms with Crippen molar-refractivity contribution in [1.29, 1.82) is 0 Å². The number of hydrogen-bond donors (Lipinski definition) is 2. The van der Waals surface area contributed by atoms with Gasteiger partial charge in [-0.05, 0) is 25.3 Å². The van der Waals surface area contributed by atoms with E-state index in [1.165, 1.54) is 13.3 Å². The zero-order valence-corrected chi connectivity index (χ0v) is 19.4. The van der Waals surface area contributed by atoms with Gasteiger partial charge in [-0.3, -0.25) is 19.5 Å².